The Morgan fingerprint density at radius 2 is 1.53 bits per heavy atom. The molecule has 8 heteroatoms. The minimum absolute atomic E-state index is 0.140. The summed E-state index contributed by atoms with van der Waals surface area (Å²) in [5.74, 6) is -3.17. The van der Waals surface area contributed by atoms with Crippen molar-refractivity contribution < 1.29 is 33.8 Å². The summed E-state index contributed by atoms with van der Waals surface area (Å²) in [6.45, 7) is 10.7. The molecule has 0 aromatic heterocycles. The smallest absolute Gasteiger partial charge is 0.310 e. The summed E-state index contributed by atoms with van der Waals surface area (Å²) < 4.78 is 11.0. The maximum absolute atomic E-state index is 13.5. The highest BCUT2D eigenvalue weighted by molar-refractivity contribution is 5.85. The fourth-order valence-electron chi connectivity index (χ4n) is 5.14. The Morgan fingerprint density at radius 3 is 2.06 bits per heavy atom. The van der Waals surface area contributed by atoms with E-state index >= 15 is 0 Å². The van der Waals surface area contributed by atoms with Crippen LogP contribution in [-0.2, 0) is 28.7 Å². The highest BCUT2D eigenvalue weighted by Crippen LogP contribution is 2.45. The highest BCUT2D eigenvalue weighted by atomic mass is 16.6. The molecule has 0 bridgehead atoms. The average Bonchev–Trinajstić information content (AvgIpc) is 3.14. The summed E-state index contributed by atoms with van der Waals surface area (Å²) in [6.07, 6.45) is 5.59. The van der Waals surface area contributed by atoms with E-state index < -0.39 is 34.5 Å². The number of hydrogen-bond donors (Lipinski definition) is 2. The lowest BCUT2D eigenvalue weighted by Gasteiger charge is -2.36. The van der Waals surface area contributed by atoms with Crippen LogP contribution >= 0.6 is 0 Å². The van der Waals surface area contributed by atoms with Gasteiger partial charge in [0.2, 0.25) is 5.91 Å². The van der Waals surface area contributed by atoms with Gasteiger partial charge >= 0.3 is 17.9 Å². The first-order chi connectivity index (χ1) is 15.6. The van der Waals surface area contributed by atoms with Crippen LogP contribution in [-0.4, -0.2) is 46.2 Å². The third-order valence-corrected chi connectivity index (χ3v) is 6.59. The SMILES string of the molecule is CC(C)(C)OC(=O)C(CC(=O)O)CC1(C(=O)N[C@H]2CCC[C@@H](C(=O)OC(C)(C)C)C2)CCCC1. The van der Waals surface area contributed by atoms with E-state index in [1.54, 1.807) is 20.8 Å². The number of aliphatic carboxylic acids is 1. The lowest BCUT2D eigenvalue weighted by molar-refractivity contribution is -0.165. The topological polar surface area (TPSA) is 119 Å². The molecule has 0 aliphatic heterocycles. The minimum atomic E-state index is -1.09. The van der Waals surface area contributed by atoms with E-state index in [-0.39, 0.29) is 36.7 Å². The van der Waals surface area contributed by atoms with Gasteiger partial charge in [0, 0.05) is 6.04 Å². The summed E-state index contributed by atoms with van der Waals surface area (Å²) in [4.78, 5) is 50.4. The number of hydrogen-bond acceptors (Lipinski definition) is 6. The molecule has 1 amide bonds. The van der Waals surface area contributed by atoms with Crippen molar-refractivity contribution in [1.82, 2.24) is 5.32 Å². The lowest BCUT2D eigenvalue weighted by Crippen LogP contribution is -2.48. The van der Waals surface area contributed by atoms with Crippen molar-refractivity contribution in [1.29, 1.82) is 0 Å². The van der Waals surface area contributed by atoms with Crippen molar-refractivity contribution in [3.63, 3.8) is 0 Å². The lowest BCUT2D eigenvalue weighted by atomic mass is 9.75. The van der Waals surface area contributed by atoms with Gasteiger partial charge in [-0.05, 0) is 80.1 Å². The van der Waals surface area contributed by atoms with Crippen LogP contribution in [0.2, 0.25) is 0 Å². The molecule has 0 aromatic carbocycles. The first-order valence-corrected chi connectivity index (χ1v) is 12.6. The molecule has 194 valence electrons. The van der Waals surface area contributed by atoms with Gasteiger partial charge in [0.05, 0.1) is 23.7 Å². The number of carbonyl (C=O) groups excluding carboxylic acids is 3. The summed E-state index contributed by atoms with van der Waals surface area (Å²) in [5, 5.41) is 12.5. The molecule has 3 atom stereocenters. The Morgan fingerprint density at radius 1 is 0.941 bits per heavy atom. The predicted molar refractivity (Wildman–Crippen MR) is 127 cm³/mol. The number of ether oxygens (including phenoxy) is 2. The van der Waals surface area contributed by atoms with Crippen LogP contribution in [0.15, 0.2) is 0 Å². The fourth-order valence-corrected chi connectivity index (χ4v) is 5.14. The summed E-state index contributed by atoms with van der Waals surface area (Å²) in [7, 11) is 0. The molecule has 0 aromatic rings. The maximum Gasteiger partial charge on any atom is 0.310 e. The van der Waals surface area contributed by atoms with Gasteiger partial charge in [0.1, 0.15) is 11.2 Å². The molecule has 2 aliphatic rings. The van der Waals surface area contributed by atoms with E-state index in [0.717, 1.165) is 32.1 Å². The normalized spacial score (nSPS) is 23.6. The van der Waals surface area contributed by atoms with Crippen molar-refractivity contribution in [2.75, 3.05) is 0 Å². The van der Waals surface area contributed by atoms with Crippen LogP contribution in [0.4, 0.5) is 0 Å². The second-order valence-electron chi connectivity index (χ2n) is 12.1. The molecular formula is C26H43NO7. The number of nitrogens with one attached hydrogen (secondary N) is 1. The van der Waals surface area contributed by atoms with Gasteiger partial charge < -0.3 is 19.9 Å². The zero-order valence-electron chi connectivity index (χ0n) is 21.7. The second kappa shape index (κ2) is 11.1. The van der Waals surface area contributed by atoms with Gasteiger partial charge in [0.15, 0.2) is 0 Å². The standard InChI is InChI=1S/C26H43NO7/c1-24(2,3)33-21(30)17-10-9-11-19(14-17)27-23(32)26(12-7-8-13-26)16-18(15-20(28)29)22(31)34-25(4,5)6/h17-19H,7-16H2,1-6H3,(H,27,32)(H,28,29)/t17-,18?,19+/m1/s1. The second-order valence-corrected chi connectivity index (χ2v) is 12.1. The minimum Gasteiger partial charge on any atom is -0.481 e. The number of carboxylic acids is 1. The predicted octanol–water partition coefficient (Wildman–Crippen LogP) is 4.39. The fraction of sp³-hybridized carbons (Fsp3) is 0.846. The van der Waals surface area contributed by atoms with Gasteiger partial charge in [-0.3, -0.25) is 19.2 Å². The molecule has 8 nitrogen and oxygen atoms in total. The molecule has 2 rings (SSSR count). The first-order valence-electron chi connectivity index (χ1n) is 12.6. The van der Waals surface area contributed by atoms with Crippen LogP contribution in [0.25, 0.3) is 0 Å². The number of carboxylic acid groups (broad SMARTS) is 1. The van der Waals surface area contributed by atoms with E-state index in [2.05, 4.69) is 5.32 Å². The van der Waals surface area contributed by atoms with E-state index in [1.165, 1.54) is 0 Å². The first kappa shape index (κ1) is 28.1. The van der Waals surface area contributed by atoms with Crippen LogP contribution in [0.5, 0.6) is 0 Å². The monoisotopic (exact) mass is 481 g/mol. The van der Waals surface area contributed by atoms with Crippen LogP contribution < -0.4 is 5.32 Å². The number of rotatable bonds is 8. The Hall–Kier alpha value is -2.12. The van der Waals surface area contributed by atoms with Gasteiger partial charge in [0.25, 0.3) is 0 Å². The molecule has 0 heterocycles. The Kier molecular flexibility index (Phi) is 9.16. The van der Waals surface area contributed by atoms with Crippen LogP contribution in [0.1, 0.15) is 106 Å². The molecule has 1 unspecified atom stereocenters. The molecular weight excluding hydrogens is 438 g/mol. The zero-order valence-corrected chi connectivity index (χ0v) is 21.7. The Labute approximate surface area is 203 Å². The molecule has 2 fully saturated rings. The van der Waals surface area contributed by atoms with Gasteiger partial charge in [-0.25, -0.2) is 0 Å². The highest BCUT2D eigenvalue weighted by Gasteiger charge is 2.46. The molecule has 0 spiro atoms. The maximum atomic E-state index is 13.5. The Balaban J connectivity index is 2.11. The van der Waals surface area contributed by atoms with Crippen molar-refractivity contribution in [2.45, 2.75) is 123 Å². The van der Waals surface area contributed by atoms with Gasteiger partial charge in [-0.2, -0.15) is 0 Å². The van der Waals surface area contributed by atoms with Crippen molar-refractivity contribution in [2.24, 2.45) is 17.3 Å². The van der Waals surface area contributed by atoms with E-state index in [4.69, 9.17) is 9.47 Å². The summed E-state index contributed by atoms with van der Waals surface area (Å²) in [5.41, 5.74) is -2.09. The average molecular weight is 482 g/mol. The van der Waals surface area contributed by atoms with E-state index in [9.17, 15) is 24.3 Å². The molecule has 2 saturated carbocycles. The molecule has 34 heavy (non-hydrogen) atoms. The van der Waals surface area contributed by atoms with Gasteiger partial charge in [-0.15, -0.1) is 0 Å². The van der Waals surface area contributed by atoms with Crippen molar-refractivity contribution in [3.8, 4) is 0 Å². The third-order valence-electron chi connectivity index (χ3n) is 6.59. The van der Waals surface area contributed by atoms with Crippen LogP contribution in [0.3, 0.4) is 0 Å². The molecule has 0 saturated heterocycles. The van der Waals surface area contributed by atoms with Gasteiger partial charge in [-0.1, -0.05) is 19.3 Å². The third kappa shape index (κ3) is 8.58. The summed E-state index contributed by atoms with van der Waals surface area (Å²) in [6, 6.07) is -0.143. The quantitative estimate of drug-likeness (QED) is 0.494. The number of carbonyl (C=O) groups is 4. The van der Waals surface area contributed by atoms with Crippen LogP contribution in [0, 0.1) is 17.3 Å². The Bertz CT molecular complexity index is 756. The number of esters is 2. The number of amides is 1. The zero-order chi connectivity index (χ0) is 25.7. The largest absolute Gasteiger partial charge is 0.481 e. The molecule has 2 N–H and O–H groups in total. The van der Waals surface area contributed by atoms with Crippen molar-refractivity contribution >= 4 is 23.8 Å². The van der Waals surface area contributed by atoms with E-state index in [1.807, 2.05) is 20.8 Å². The molecule has 0 radical (unpaired) electrons. The van der Waals surface area contributed by atoms with Crippen molar-refractivity contribution in [3.05, 3.63) is 0 Å². The molecule has 2 aliphatic carbocycles. The summed E-state index contributed by atoms with van der Waals surface area (Å²) >= 11 is 0. The van der Waals surface area contributed by atoms with E-state index in [0.29, 0.717) is 19.3 Å².